The first-order chi connectivity index (χ1) is 8.86. The maximum atomic E-state index is 9.05. The summed E-state index contributed by atoms with van der Waals surface area (Å²) in [7, 11) is 0. The molecule has 3 nitrogen and oxygen atoms in total. The fourth-order valence-corrected chi connectivity index (χ4v) is 2.76. The minimum Gasteiger partial charge on any atom is -0.309 e. The summed E-state index contributed by atoms with van der Waals surface area (Å²) in [6, 6.07) is 11.6. The van der Waals surface area contributed by atoms with E-state index in [1.165, 1.54) is 32.4 Å². The zero-order valence-electron chi connectivity index (χ0n) is 10.6. The minimum atomic E-state index is 0.595. The fraction of sp³-hybridized carbons (Fsp3) is 0.533. The molecule has 3 heteroatoms. The number of hydrogen-bond acceptors (Lipinski definition) is 3. The van der Waals surface area contributed by atoms with Crippen LogP contribution in [0.5, 0.6) is 0 Å². The molecule has 1 N–H and O–H groups in total. The van der Waals surface area contributed by atoms with E-state index >= 15 is 0 Å². The van der Waals surface area contributed by atoms with Gasteiger partial charge in [-0.2, -0.15) is 5.26 Å². The highest BCUT2D eigenvalue weighted by molar-refractivity contribution is 5.37. The van der Waals surface area contributed by atoms with Gasteiger partial charge in [0.25, 0.3) is 0 Å². The van der Waals surface area contributed by atoms with E-state index in [4.69, 9.17) is 5.26 Å². The van der Waals surface area contributed by atoms with Crippen LogP contribution in [0.15, 0.2) is 24.3 Å². The Kier molecular flexibility index (Phi) is 3.31. The molecule has 0 amide bonds. The smallest absolute Gasteiger partial charge is 0.0995 e. The van der Waals surface area contributed by atoms with Gasteiger partial charge in [0.05, 0.1) is 11.6 Å². The average Bonchev–Trinajstić information content (AvgIpc) is 3.16. The van der Waals surface area contributed by atoms with Crippen LogP contribution >= 0.6 is 0 Å². The molecule has 18 heavy (non-hydrogen) atoms. The van der Waals surface area contributed by atoms with Crippen molar-refractivity contribution in [1.82, 2.24) is 10.2 Å². The quantitative estimate of drug-likeness (QED) is 0.875. The lowest BCUT2D eigenvalue weighted by Gasteiger charge is -2.16. The Bertz CT molecular complexity index is 459. The average molecular weight is 241 g/mol. The number of likely N-dealkylation sites (tertiary alicyclic amines) is 1. The Hall–Kier alpha value is -1.37. The summed E-state index contributed by atoms with van der Waals surface area (Å²) in [6.07, 6.45) is 4.03. The molecule has 1 saturated carbocycles. The van der Waals surface area contributed by atoms with Crippen LogP contribution in [0.1, 0.15) is 30.4 Å². The highest BCUT2D eigenvalue weighted by Gasteiger charge is 2.34. The lowest BCUT2D eigenvalue weighted by atomic mass is 10.1. The van der Waals surface area contributed by atoms with Gasteiger partial charge in [-0.3, -0.25) is 4.90 Å². The van der Waals surface area contributed by atoms with Crippen LogP contribution in [-0.4, -0.2) is 30.1 Å². The van der Waals surface area contributed by atoms with Crippen molar-refractivity contribution in [3.05, 3.63) is 35.4 Å². The number of hydrogen-bond donors (Lipinski definition) is 1. The van der Waals surface area contributed by atoms with Gasteiger partial charge in [0, 0.05) is 31.7 Å². The van der Waals surface area contributed by atoms with Crippen LogP contribution in [0.2, 0.25) is 0 Å². The molecule has 1 saturated heterocycles. The van der Waals surface area contributed by atoms with Crippen LogP contribution in [0.3, 0.4) is 0 Å². The highest BCUT2D eigenvalue weighted by Crippen LogP contribution is 2.29. The molecule has 1 atom stereocenters. The van der Waals surface area contributed by atoms with E-state index in [2.05, 4.69) is 16.3 Å². The van der Waals surface area contributed by atoms with Crippen molar-refractivity contribution in [3.63, 3.8) is 0 Å². The molecule has 1 aromatic carbocycles. The zero-order chi connectivity index (χ0) is 12.4. The van der Waals surface area contributed by atoms with Gasteiger partial charge < -0.3 is 5.32 Å². The normalized spacial score (nSPS) is 24.1. The van der Waals surface area contributed by atoms with Crippen molar-refractivity contribution in [2.75, 3.05) is 13.1 Å². The van der Waals surface area contributed by atoms with Gasteiger partial charge in [-0.05, 0) is 30.9 Å². The van der Waals surface area contributed by atoms with Gasteiger partial charge in [-0.1, -0.05) is 18.2 Å². The SMILES string of the molecule is N#Cc1ccccc1CNC1CCN(C2CC2)C1. The van der Waals surface area contributed by atoms with E-state index in [-0.39, 0.29) is 0 Å². The molecule has 1 heterocycles. The Balaban J connectivity index is 1.53. The Morgan fingerprint density at radius 2 is 2.11 bits per heavy atom. The molecule has 0 bridgehead atoms. The molecular formula is C15H19N3. The summed E-state index contributed by atoms with van der Waals surface area (Å²) in [5.74, 6) is 0. The zero-order valence-corrected chi connectivity index (χ0v) is 10.6. The molecule has 1 aliphatic carbocycles. The second-order valence-corrected chi connectivity index (χ2v) is 5.36. The Morgan fingerprint density at radius 1 is 1.28 bits per heavy atom. The molecule has 1 unspecified atom stereocenters. The van der Waals surface area contributed by atoms with Crippen LogP contribution in [0, 0.1) is 11.3 Å². The van der Waals surface area contributed by atoms with E-state index in [0.29, 0.717) is 6.04 Å². The van der Waals surface area contributed by atoms with Crippen LogP contribution in [-0.2, 0) is 6.54 Å². The first-order valence-corrected chi connectivity index (χ1v) is 6.82. The summed E-state index contributed by atoms with van der Waals surface area (Å²) in [5.41, 5.74) is 1.91. The van der Waals surface area contributed by atoms with E-state index in [0.717, 1.165) is 23.7 Å². The van der Waals surface area contributed by atoms with Gasteiger partial charge in [0.2, 0.25) is 0 Å². The van der Waals surface area contributed by atoms with Gasteiger partial charge in [-0.25, -0.2) is 0 Å². The van der Waals surface area contributed by atoms with Crippen LogP contribution in [0.4, 0.5) is 0 Å². The standard InChI is InChI=1S/C15H19N3/c16-9-12-3-1-2-4-13(12)10-17-14-7-8-18(11-14)15-5-6-15/h1-4,14-15,17H,5-8,10-11H2. The van der Waals surface area contributed by atoms with Gasteiger partial charge in [0.15, 0.2) is 0 Å². The predicted molar refractivity (Wildman–Crippen MR) is 71.0 cm³/mol. The molecule has 2 aliphatic rings. The maximum Gasteiger partial charge on any atom is 0.0995 e. The summed E-state index contributed by atoms with van der Waals surface area (Å²) < 4.78 is 0. The summed E-state index contributed by atoms with van der Waals surface area (Å²) in [4.78, 5) is 2.61. The Morgan fingerprint density at radius 3 is 2.89 bits per heavy atom. The van der Waals surface area contributed by atoms with Crippen molar-refractivity contribution in [3.8, 4) is 6.07 Å². The Labute approximate surface area is 108 Å². The molecular weight excluding hydrogens is 222 g/mol. The molecule has 0 radical (unpaired) electrons. The lowest BCUT2D eigenvalue weighted by Crippen LogP contribution is -2.33. The molecule has 3 rings (SSSR count). The molecule has 0 spiro atoms. The van der Waals surface area contributed by atoms with Gasteiger partial charge in [-0.15, -0.1) is 0 Å². The largest absolute Gasteiger partial charge is 0.309 e. The fourth-order valence-electron chi connectivity index (χ4n) is 2.76. The van der Waals surface area contributed by atoms with Gasteiger partial charge >= 0.3 is 0 Å². The van der Waals surface area contributed by atoms with Crippen molar-refractivity contribution >= 4 is 0 Å². The number of benzene rings is 1. The van der Waals surface area contributed by atoms with Crippen molar-refractivity contribution in [1.29, 1.82) is 5.26 Å². The number of rotatable bonds is 4. The molecule has 2 fully saturated rings. The second kappa shape index (κ2) is 5.09. The van der Waals surface area contributed by atoms with E-state index in [1.807, 2.05) is 24.3 Å². The topological polar surface area (TPSA) is 39.1 Å². The first kappa shape index (κ1) is 11.7. The summed E-state index contributed by atoms with van der Waals surface area (Å²) in [5, 5.41) is 12.6. The second-order valence-electron chi connectivity index (χ2n) is 5.36. The predicted octanol–water partition coefficient (Wildman–Crippen LogP) is 1.88. The van der Waals surface area contributed by atoms with Gasteiger partial charge in [0.1, 0.15) is 0 Å². The number of nitrogens with one attached hydrogen (secondary N) is 1. The molecule has 1 aromatic rings. The van der Waals surface area contributed by atoms with E-state index in [9.17, 15) is 0 Å². The van der Waals surface area contributed by atoms with Crippen molar-refractivity contribution < 1.29 is 0 Å². The van der Waals surface area contributed by atoms with E-state index < -0.39 is 0 Å². The van der Waals surface area contributed by atoms with Crippen molar-refractivity contribution in [2.45, 2.75) is 37.9 Å². The highest BCUT2D eigenvalue weighted by atomic mass is 15.2. The number of nitriles is 1. The summed E-state index contributed by atoms with van der Waals surface area (Å²) in [6.45, 7) is 3.23. The number of nitrogens with zero attached hydrogens (tertiary/aromatic N) is 2. The van der Waals surface area contributed by atoms with Crippen LogP contribution in [0.25, 0.3) is 0 Å². The maximum absolute atomic E-state index is 9.05. The third-order valence-electron chi connectivity index (χ3n) is 4.00. The van der Waals surface area contributed by atoms with Crippen molar-refractivity contribution in [2.24, 2.45) is 0 Å². The third kappa shape index (κ3) is 2.55. The summed E-state index contributed by atoms with van der Waals surface area (Å²) >= 11 is 0. The molecule has 0 aromatic heterocycles. The lowest BCUT2D eigenvalue weighted by molar-refractivity contribution is 0.317. The molecule has 1 aliphatic heterocycles. The first-order valence-electron chi connectivity index (χ1n) is 6.82. The molecule has 94 valence electrons. The minimum absolute atomic E-state index is 0.595. The van der Waals surface area contributed by atoms with Crippen LogP contribution < -0.4 is 5.32 Å². The monoisotopic (exact) mass is 241 g/mol. The van der Waals surface area contributed by atoms with E-state index in [1.54, 1.807) is 0 Å². The third-order valence-corrected chi connectivity index (χ3v) is 4.00.